The van der Waals surface area contributed by atoms with Crippen LogP contribution in [0.3, 0.4) is 0 Å². The standard InChI is InChI=1S/C14H28N2O/c1-8-14(7)12(17)16(11(4)15-14)9-13(5,6)10(2)3/h10-11,15H,8-9H2,1-7H3. The van der Waals surface area contributed by atoms with Gasteiger partial charge in [0, 0.05) is 6.54 Å². The van der Waals surface area contributed by atoms with Crippen LogP contribution < -0.4 is 5.32 Å². The molecule has 1 N–H and O–H groups in total. The van der Waals surface area contributed by atoms with Gasteiger partial charge in [0.25, 0.3) is 0 Å². The van der Waals surface area contributed by atoms with Crippen LogP contribution in [0.4, 0.5) is 0 Å². The first-order valence-corrected chi connectivity index (χ1v) is 6.73. The molecule has 0 spiro atoms. The van der Waals surface area contributed by atoms with Gasteiger partial charge in [0.05, 0.1) is 11.7 Å². The quantitative estimate of drug-likeness (QED) is 0.819. The van der Waals surface area contributed by atoms with Gasteiger partial charge in [0.1, 0.15) is 0 Å². The van der Waals surface area contributed by atoms with Crippen LogP contribution in [0.1, 0.15) is 54.9 Å². The molecule has 0 aromatic carbocycles. The van der Waals surface area contributed by atoms with E-state index in [1.807, 2.05) is 11.8 Å². The van der Waals surface area contributed by atoms with Crippen LogP contribution in [0.15, 0.2) is 0 Å². The second kappa shape index (κ2) is 4.60. The first kappa shape index (κ1) is 14.5. The molecule has 2 unspecified atom stereocenters. The van der Waals surface area contributed by atoms with Gasteiger partial charge >= 0.3 is 0 Å². The maximum Gasteiger partial charge on any atom is 0.243 e. The molecule has 0 aromatic rings. The van der Waals surface area contributed by atoms with Gasteiger partial charge in [-0.15, -0.1) is 0 Å². The Kier molecular flexibility index (Phi) is 3.92. The molecule has 1 aliphatic rings. The lowest BCUT2D eigenvalue weighted by atomic mass is 9.80. The van der Waals surface area contributed by atoms with Gasteiger partial charge in [-0.2, -0.15) is 0 Å². The number of hydrogen-bond donors (Lipinski definition) is 1. The van der Waals surface area contributed by atoms with Crippen molar-refractivity contribution in [1.29, 1.82) is 0 Å². The fraction of sp³-hybridized carbons (Fsp3) is 0.929. The lowest BCUT2D eigenvalue weighted by Gasteiger charge is -2.35. The predicted octanol–water partition coefficient (Wildman–Crippen LogP) is 2.62. The van der Waals surface area contributed by atoms with Crippen molar-refractivity contribution in [3.63, 3.8) is 0 Å². The molecule has 1 rings (SSSR count). The largest absolute Gasteiger partial charge is 0.325 e. The molecule has 0 radical (unpaired) electrons. The van der Waals surface area contributed by atoms with E-state index in [1.165, 1.54) is 0 Å². The van der Waals surface area contributed by atoms with Crippen LogP contribution in [0.2, 0.25) is 0 Å². The number of nitrogens with zero attached hydrogens (tertiary/aromatic N) is 1. The maximum absolute atomic E-state index is 12.4. The molecule has 0 aliphatic carbocycles. The van der Waals surface area contributed by atoms with E-state index in [-0.39, 0.29) is 23.0 Å². The smallest absolute Gasteiger partial charge is 0.243 e. The lowest BCUT2D eigenvalue weighted by Crippen LogP contribution is -2.45. The molecular weight excluding hydrogens is 212 g/mol. The highest BCUT2D eigenvalue weighted by molar-refractivity contribution is 5.88. The highest BCUT2D eigenvalue weighted by Crippen LogP contribution is 2.31. The van der Waals surface area contributed by atoms with Gasteiger partial charge in [-0.25, -0.2) is 0 Å². The fourth-order valence-corrected chi connectivity index (χ4v) is 2.18. The Balaban J connectivity index is 2.83. The summed E-state index contributed by atoms with van der Waals surface area (Å²) in [5.41, 5.74) is -0.211. The van der Waals surface area contributed by atoms with Gasteiger partial charge < -0.3 is 4.90 Å². The van der Waals surface area contributed by atoms with Crippen LogP contribution in [0.5, 0.6) is 0 Å². The lowest BCUT2D eigenvalue weighted by molar-refractivity contribution is -0.134. The van der Waals surface area contributed by atoms with E-state index in [4.69, 9.17) is 0 Å². The van der Waals surface area contributed by atoms with E-state index < -0.39 is 0 Å². The van der Waals surface area contributed by atoms with E-state index in [0.717, 1.165) is 13.0 Å². The Bertz CT molecular complexity index is 299. The molecule has 1 fully saturated rings. The van der Waals surface area contributed by atoms with Crippen LogP contribution in [0.25, 0.3) is 0 Å². The molecule has 3 nitrogen and oxygen atoms in total. The average molecular weight is 240 g/mol. The number of amides is 1. The third kappa shape index (κ3) is 2.65. The summed E-state index contributed by atoms with van der Waals surface area (Å²) in [6.45, 7) is 15.9. The van der Waals surface area contributed by atoms with Crippen molar-refractivity contribution >= 4 is 5.91 Å². The Hall–Kier alpha value is -0.570. The Labute approximate surface area is 106 Å². The van der Waals surface area contributed by atoms with Crippen molar-refractivity contribution < 1.29 is 4.79 Å². The molecule has 1 saturated heterocycles. The van der Waals surface area contributed by atoms with Gasteiger partial charge in [-0.3, -0.25) is 10.1 Å². The summed E-state index contributed by atoms with van der Waals surface area (Å²) in [5, 5.41) is 3.42. The van der Waals surface area contributed by atoms with Crippen molar-refractivity contribution in [3.8, 4) is 0 Å². The van der Waals surface area contributed by atoms with Crippen molar-refractivity contribution in [2.45, 2.75) is 66.6 Å². The predicted molar refractivity (Wildman–Crippen MR) is 71.6 cm³/mol. The van der Waals surface area contributed by atoms with E-state index in [0.29, 0.717) is 5.92 Å². The number of carbonyl (C=O) groups is 1. The second-order valence-corrected chi connectivity index (χ2v) is 6.58. The number of carbonyl (C=O) groups excluding carboxylic acids is 1. The Morgan fingerprint density at radius 1 is 1.47 bits per heavy atom. The zero-order chi connectivity index (χ0) is 13.4. The summed E-state index contributed by atoms with van der Waals surface area (Å²) >= 11 is 0. The van der Waals surface area contributed by atoms with Gasteiger partial charge in [0.2, 0.25) is 5.91 Å². The molecule has 17 heavy (non-hydrogen) atoms. The van der Waals surface area contributed by atoms with E-state index in [9.17, 15) is 4.79 Å². The SMILES string of the molecule is CCC1(C)NC(C)N(CC(C)(C)C(C)C)C1=O. The van der Waals surface area contributed by atoms with Crippen molar-refractivity contribution in [3.05, 3.63) is 0 Å². The molecular formula is C14H28N2O. The molecule has 1 heterocycles. The van der Waals surface area contributed by atoms with Gasteiger partial charge in [0.15, 0.2) is 0 Å². The van der Waals surface area contributed by atoms with Crippen LogP contribution >= 0.6 is 0 Å². The summed E-state index contributed by atoms with van der Waals surface area (Å²) in [6, 6.07) is 0. The summed E-state index contributed by atoms with van der Waals surface area (Å²) < 4.78 is 0. The number of rotatable bonds is 4. The summed E-state index contributed by atoms with van der Waals surface area (Å²) in [6.07, 6.45) is 0.986. The monoisotopic (exact) mass is 240 g/mol. The fourth-order valence-electron chi connectivity index (χ4n) is 2.18. The van der Waals surface area contributed by atoms with Crippen molar-refractivity contribution in [2.75, 3.05) is 6.54 Å². The first-order valence-electron chi connectivity index (χ1n) is 6.73. The van der Waals surface area contributed by atoms with Crippen LogP contribution in [0, 0.1) is 11.3 Å². The zero-order valence-corrected chi connectivity index (χ0v) is 12.4. The van der Waals surface area contributed by atoms with E-state index >= 15 is 0 Å². The molecule has 100 valence electrons. The van der Waals surface area contributed by atoms with E-state index in [2.05, 4.69) is 46.9 Å². The molecule has 3 heteroatoms. The Morgan fingerprint density at radius 2 is 2.00 bits per heavy atom. The zero-order valence-electron chi connectivity index (χ0n) is 12.4. The second-order valence-electron chi connectivity index (χ2n) is 6.58. The molecule has 0 aromatic heterocycles. The van der Waals surface area contributed by atoms with Gasteiger partial charge in [-0.1, -0.05) is 34.6 Å². The third-order valence-corrected chi connectivity index (χ3v) is 4.58. The average Bonchev–Trinajstić information content (AvgIpc) is 2.42. The first-order chi connectivity index (χ1) is 7.64. The Morgan fingerprint density at radius 3 is 2.35 bits per heavy atom. The molecule has 0 bridgehead atoms. The minimum atomic E-state index is -0.369. The van der Waals surface area contributed by atoms with Crippen LogP contribution in [-0.2, 0) is 4.79 Å². The number of nitrogens with one attached hydrogen (secondary N) is 1. The van der Waals surface area contributed by atoms with Crippen molar-refractivity contribution in [1.82, 2.24) is 10.2 Å². The highest BCUT2D eigenvalue weighted by Gasteiger charge is 2.46. The van der Waals surface area contributed by atoms with Crippen molar-refractivity contribution in [2.24, 2.45) is 11.3 Å². The van der Waals surface area contributed by atoms with E-state index in [1.54, 1.807) is 0 Å². The molecule has 1 amide bonds. The molecule has 2 atom stereocenters. The normalized spacial score (nSPS) is 30.5. The summed E-state index contributed by atoms with van der Waals surface area (Å²) in [4.78, 5) is 14.4. The highest BCUT2D eigenvalue weighted by atomic mass is 16.2. The molecule has 1 aliphatic heterocycles. The topological polar surface area (TPSA) is 32.3 Å². The maximum atomic E-state index is 12.4. The minimum absolute atomic E-state index is 0.144. The number of hydrogen-bond acceptors (Lipinski definition) is 2. The van der Waals surface area contributed by atoms with Crippen LogP contribution in [-0.4, -0.2) is 29.1 Å². The summed E-state index contributed by atoms with van der Waals surface area (Å²) in [5.74, 6) is 0.817. The van der Waals surface area contributed by atoms with Gasteiger partial charge in [-0.05, 0) is 31.6 Å². The minimum Gasteiger partial charge on any atom is -0.325 e. The third-order valence-electron chi connectivity index (χ3n) is 4.58. The summed E-state index contributed by atoms with van der Waals surface area (Å²) in [7, 11) is 0. The molecule has 0 saturated carbocycles.